The summed E-state index contributed by atoms with van der Waals surface area (Å²) < 4.78 is 7.25. The number of hydrogen-bond donors (Lipinski definition) is 1. The molecule has 0 aliphatic carbocycles. The Hall–Kier alpha value is -2.54. The predicted molar refractivity (Wildman–Crippen MR) is 125 cm³/mol. The number of ether oxygens (including phenoxy) is 1. The topological polar surface area (TPSA) is 57.9 Å². The number of benzene rings is 1. The monoisotopic (exact) mass is 424 g/mol. The summed E-state index contributed by atoms with van der Waals surface area (Å²) in [5.41, 5.74) is 2.64. The van der Waals surface area contributed by atoms with E-state index in [0.717, 1.165) is 57.4 Å². The van der Waals surface area contributed by atoms with Gasteiger partial charge in [0.1, 0.15) is 5.75 Å². The molecule has 2 atom stereocenters. The lowest BCUT2D eigenvalue weighted by Gasteiger charge is -2.28. The van der Waals surface area contributed by atoms with E-state index in [9.17, 15) is 0 Å². The van der Waals surface area contributed by atoms with Gasteiger partial charge >= 0.3 is 0 Å². The summed E-state index contributed by atoms with van der Waals surface area (Å²) in [4.78, 5) is 10.1. The van der Waals surface area contributed by atoms with Crippen molar-refractivity contribution in [1.29, 1.82) is 0 Å². The van der Waals surface area contributed by atoms with E-state index in [1.807, 2.05) is 17.9 Å². The molecule has 2 aliphatic rings. The highest BCUT2D eigenvalue weighted by Gasteiger charge is 2.28. The molecule has 0 amide bonds. The van der Waals surface area contributed by atoms with Gasteiger partial charge in [0.15, 0.2) is 5.96 Å². The van der Waals surface area contributed by atoms with Crippen molar-refractivity contribution in [2.75, 3.05) is 46.4 Å². The van der Waals surface area contributed by atoms with E-state index in [4.69, 9.17) is 9.73 Å². The first-order valence-corrected chi connectivity index (χ1v) is 11.6. The molecule has 0 bridgehead atoms. The van der Waals surface area contributed by atoms with Crippen LogP contribution in [-0.4, -0.2) is 71.9 Å². The van der Waals surface area contributed by atoms with Gasteiger partial charge in [-0.3, -0.25) is 14.6 Å². The maximum absolute atomic E-state index is 5.36. The summed E-state index contributed by atoms with van der Waals surface area (Å²) in [5, 5.41) is 7.89. The minimum absolute atomic E-state index is 0.304. The van der Waals surface area contributed by atoms with Gasteiger partial charge in [-0.25, -0.2) is 0 Å². The fourth-order valence-electron chi connectivity index (χ4n) is 4.79. The van der Waals surface area contributed by atoms with Gasteiger partial charge in [0.25, 0.3) is 0 Å². The highest BCUT2D eigenvalue weighted by atomic mass is 16.5. The van der Waals surface area contributed by atoms with Crippen LogP contribution < -0.4 is 10.1 Å². The molecule has 31 heavy (non-hydrogen) atoms. The molecule has 2 fully saturated rings. The maximum Gasteiger partial charge on any atom is 0.194 e. The number of rotatable bonds is 7. The van der Waals surface area contributed by atoms with Crippen LogP contribution in [0.5, 0.6) is 5.75 Å². The normalized spacial score (nSPS) is 20.9. The number of nitrogens with zero attached hydrogens (tertiary/aromatic N) is 5. The van der Waals surface area contributed by atoms with Gasteiger partial charge in [0.2, 0.25) is 0 Å². The summed E-state index contributed by atoms with van der Waals surface area (Å²) in [7, 11) is 3.70. The minimum Gasteiger partial charge on any atom is -0.497 e. The van der Waals surface area contributed by atoms with E-state index >= 15 is 0 Å². The molecule has 168 valence electrons. The molecular weight excluding hydrogens is 388 g/mol. The van der Waals surface area contributed by atoms with Crippen LogP contribution in [0.15, 0.2) is 41.7 Å². The Labute approximate surface area is 186 Å². The van der Waals surface area contributed by atoms with Crippen molar-refractivity contribution in [3.8, 4) is 5.75 Å². The molecule has 7 heteroatoms. The Kier molecular flexibility index (Phi) is 7.12. The standard InChI is InChI=1S/C24H36N6O/c1-4-25-24(30-14-11-20(18-30)21-15-27-28(2)17-21)26-16-23(29-12-5-6-13-29)19-7-9-22(31-3)10-8-19/h7-10,15,17,20,23H,4-6,11-14,16,18H2,1-3H3,(H,25,26). The van der Waals surface area contributed by atoms with Crippen molar-refractivity contribution in [2.45, 2.75) is 38.1 Å². The van der Waals surface area contributed by atoms with Gasteiger partial charge in [-0.2, -0.15) is 5.10 Å². The number of aliphatic imine (C=N–C) groups is 1. The summed E-state index contributed by atoms with van der Waals surface area (Å²) in [6, 6.07) is 8.81. The highest BCUT2D eigenvalue weighted by molar-refractivity contribution is 5.80. The van der Waals surface area contributed by atoms with E-state index in [2.05, 4.69) is 57.6 Å². The van der Waals surface area contributed by atoms with Gasteiger partial charge in [0.05, 0.1) is 25.9 Å². The average molecular weight is 425 g/mol. The van der Waals surface area contributed by atoms with Crippen molar-refractivity contribution < 1.29 is 4.74 Å². The molecule has 0 spiro atoms. The predicted octanol–water partition coefficient (Wildman–Crippen LogP) is 3.02. The number of nitrogens with one attached hydrogen (secondary N) is 1. The molecule has 0 saturated carbocycles. The number of hydrogen-bond acceptors (Lipinski definition) is 4. The smallest absolute Gasteiger partial charge is 0.194 e. The molecule has 0 radical (unpaired) electrons. The van der Waals surface area contributed by atoms with E-state index in [-0.39, 0.29) is 0 Å². The van der Waals surface area contributed by atoms with Crippen LogP contribution in [-0.2, 0) is 7.05 Å². The second kappa shape index (κ2) is 10.2. The van der Waals surface area contributed by atoms with Crippen LogP contribution in [0, 0.1) is 0 Å². The van der Waals surface area contributed by atoms with E-state index in [1.54, 1.807) is 7.11 Å². The summed E-state index contributed by atoms with van der Waals surface area (Å²) in [5.74, 6) is 2.46. The number of guanidine groups is 1. The highest BCUT2D eigenvalue weighted by Crippen LogP contribution is 2.29. The molecule has 2 aliphatic heterocycles. The third kappa shape index (κ3) is 5.21. The van der Waals surface area contributed by atoms with E-state index < -0.39 is 0 Å². The van der Waals surface area contributed by atoms with E-state index in [0.29, 0.717) is 12.0 Å². The van der Waals surface area contributed by atoms with Crippen LogP contribution in [0.3, 0.4) is 0 Å². The average Bonchev–Trinajstić information content (AvgIpc) is 3.55. The summed E-state index contributed by atoms with van der Waals surface area (Å²) in [6.07, 6.45) is 7.84. The molecule has 7 nitrogen and oxygen atoms in total. The molecule has 2 aromatic rings. The van der Waals surface area contributed by atoms with Crippen molar-refractivity contribution in [1.82, 2.24) is 24.9 Å². The van der Waals surface area contributed by atoms with Gasteiger partial charge < -0.3 is 15.0 Å². The summed E-state index contributed by atoms with van der Waals surface area (Å²) >= 11 is 0. The largest absolute Gasteiger partial charge is 0.497 e. The van der Waals surface area contributed by atoms with Crippen LogP contribution in [0.25, 0.3) is 0 Å². The molecular formula is C24H36N6O. The zero-order valence-electron chi connectivity index (χ0n) is 19.1. The second-order valence-corrected chi connectivity index (χ2v) is 8.61. The second-order valence-electron chi connectivity index (χ2n) is 8.61. The zero-order chi connectivity index (χ0) is 21.6. The third-order valence-electron chi connectivity index (χ3n) is 6.51. The van der Waals surface area contributed by atoms with Crippen LogP contribution in [0.1, 0.15) is 49.3 Å². The fraction of sp³-hybridized carbons (Fsp3) is 0.583. The van der Waals surface area contributed by atoms with Gasteiger partial charge in [-0.15, -0.1) is 0 Å². The quantitative estimate of drug-likeness (QED) is 0.547. The van der Waals surface area contributed by atoms with Gasteiger partial charge in [-0.05, 0) is 62.5 Å². The Bertz CT molecular complexity index is 855. The van der Waals surface area contributed by atoms with Gasteiger partial charge in [0, 0.05) is 38.8 Å². The fourth-order valence-corrected chi connectivity index (χ4v) is 4.79. The molecule has 1 aromatic heterocycles. The maximum atomic E-state index is 5.36. The minimum atomic E-state index is 0.304. The molecule has 1 aromatic carbocycles. The number of aromatic nitrogens is 2. The first kappa shape index (κ1) is 21.7. The van der Waals surface area contributed by atoms with Crippen molar-refractivity contribution >= 4 is 5.96 Å². The number of likely N-dealkylation sites (tertiary alicyclic amines) is 2. The summed E-state index contributed by atoms with van der Waals surface area (Å²) in [6.45, 7) is 8.11. The lowest BCUT2D eigenvalue weighted by Crippen LogP contribution is -2.40. The SMILES string of the molecule is CCNC(=NCC(c1ccc(OC)cc1)N1CCCC1)N1CCC(c2cnn(C)c2)C1. The molecule has 1 N–H and O–H groups in total. The molecule has 2 saturated heterocycles. The molecule has 3 heterocycles. The Morgan fingerprint density at radius 1 is 1.23 bits per heavy atom. The number of aryl methyl sites for hydroxylation is 1. The lowest BCUT2D eigenvalue weighted by molar-refractivity contribution is 0.251. The lowest BCUT2D eigenvalue weighted by atomic mass is 10.0. The van der Waals surface area contributed by atoms with Gasteiger partial charge in [-0.1, -0.05) is 12.1 Å². The van der Waals surface area contributed by atoms with Crippen LogP contribution in [0.2, 0.25) is 0 Å². The molecule has 2 unspecified atom stereocenters. The first-order valence-electron chi connectivity index (χ1n) is 11.6. The third-order valence-corrected chi connectivity index (χ3v) is 6.51. The molecule has 4 rings (SSSR count). The first-order chi connectivity index (χ1) is 15.2. The van der Waals surface area contributed by atoms with Crippen molar-refractivity contribution in [2.24, 2.45) is 12.0 Å². The number of methoxy groups -OCH3 is 1. The van der Waals surface area contributed by atoms with E-state index in [1.165, 1.54) is 24.0 Å². The Morgan fingerprint density at radius 2 is 2.00 bits per heavy atom. The Balaban J connectivity index is 1.49. The van der Waals surface area contributed by atoms with Crippen molar-refractivity contribution in [3.05, 3.63) is 47.8 Å². The van der Waals surface area contributed by atoms with Crippen LogP contribution in [0.4, 0.5) is 0 Å². The van der Waals surface area contributed by atoms with Crippen LogP contribution >= 0.6 is 0 Å². The zero-order valence-corrected chi connectivity index (χ0v) is 19.1. The Morgan fingerprint density at radius 3 is 2.65 bits per heavy atom. The van der Waals surface area contributed by atoms with Crippen molar-refractivity contribution in [3.63, 3.8) is 0 Å².